The summed E-state index contributed by atoms with van der Waals surface area (Å²) in [4.78, 5) is 4.07. The number of aliphatic hydroxyl groups is 2. The molecule has 13 atom stereocenters. The summed E-state index contributed by atoms with van der Waals surface area (Å²) in [7, 11) is -3.61. The fourth-order valence-electron chi connectivity index (χ4n) is 11.1. The Labute approximate surface area is 253 Å². The van der Waals surface area contributed by atoms with Crippen LogP contribution in [0.1, 0.15) is 104 Å². The summed E-state index contributed by atoms with van der Waals surface area (Å²) in [6.45, 7) is 12.6. The lowest BCUT2D eigenvalue weighted by Crippen LogP contribution is -2.63. The van der Waals surface area contributed by atoms with Gasteiger partial charge in [0.05, 0.1) is 31.5 Å². The molecule has 7 nitrogen and oxygen atoms in total. The third kappa shape index (κ3) is 5.36. The minimum atomic E-state index is -3.61. The quantitative estimate of drug-likeness (QED) is 0.310. The first-order valence-electron chi connectivity index (χ1n) is 16.8. The number of phosphoric acid groups is 1. The Morgan fingerprint density at radius 1 is 1.00 bits per heavy atom. The van der Waals surface area contributed by atoms with Crippen molar-refractivity contribution in [2.45, 2.75) is 111 Å². The molecule has 1 aromatic rings. The van der Waals surface area contributed by atoms with Crippen LogP contribution >= 0.6 is 7.82 Å². The lowest BCUT2D eigenvalue weighted by atomic mass is 9.40. The van der Waals surface area contributed by atoms with Crippen molar-refractivity contribution in [1.82, 2.24) is 4.98 Å². The van der Waals surface area contributed by atoms with Crippen molar-refractivity contribution < 1.29 is 28.3 Å². The molecule has 5 aliphatic rings. The number of hydrogen-bond donors (Lipinski definition) is 2. The van der Waals surface area contributed by atoms with E-state index in [2.05, 4.69) is 39.6 Å². The maximum absolute atomic E-state index is 13.3. The van der Waals surface area contributed by atoms with Crippen LogP contribution in [-0.4, -0.2) is 40.6 Å². The molecule has 0 amide bonds. The van der Waals surface area contributed by atoms with Gasteiger partial charge in [0.25, 0.3) is 0 Å². The third-order valence-corrected chi connectivity index (χ3v) is 14.6. The largest absolute Gasteiger partial charge is 0.475 e. The van der Waals surface area contributed by atoms with Crippen molar-refractivity contribution in [2.75, 3.05) is 13.2 Å². The van der Waals surface area contributed by atoms with E-state index in [0.717, 1.165) is 31.2 Å². The van der Waals surface area contributed by atoms with Crippen LogP contribution in [0.3, 0.4) is 0 Å². The molecule has 4 saturated carbocycles. The van der Waals surface area contributed by atoms with Gasteiger partial charge in [-0.05, 0) is 127 Å². The molecular weight excluding hydrogens is 549 g/mol. The second-order valence-electron chi connectivity index (χ2n) is 15.4. The molecule has 0 bridgehead atoms. The fourth-order valence-corrected chi connectivity index (χ4v) is 12.5. The van der Waals surface area contributed by atoms with Crippen molar-refractivity contribution in [2.24, 2.45) is 58.2 Å². The molecular formula is C34H54NO6P. The van der Waals surface area contributed by atoms with Crippen LogP contribution in [0.25, 0.3) is 0 Å². The standard InChI is InChI=1S/C34H54NO6P/c1-21(2)30-28-20-24(36)8-14-34(28,5)27-9-15-33(4)25(6-7-26(33)31(27)32(30)37)22(3)12-18-39-42(38)40-19-13-29(41-42)23-10-16-35-17-11-23/h10-11,16-17,21-22,24-32,36-37H,6-9,12-15,18-20H2,1-5H3/t22-,24-,25-,26?,27?,28?,29+,30-,31?,32+,33-,34-,42+/m1/s1. The SMILES string of the molecule is CC(C)[C@@H]1C2C[C@H](O)CC[C@]2(C)C2CC[C@@]3(C)C(CC[C@@H]3[C@H](C)CCO[P@@]3(=O)OCC[C@@H](c4ccncc4)O3)C2[C@H]1O. The Bertz CT molecular complexity index is 1130. The highest BCUT2D eigenvalue weighted by atomic mass is 31.2. The maximum Gasteiger partial charge on any atom is 0.475 e. The van der Waals surface area contributed by atoms with Crippen LogP contribution < -0.4 is 0 Å². The zero-order valence-electron chi connectivity index (χ0n) is 26.4. The van der Waals surface area contributed by atoms with Gasteiger partial charge in [-0.3, -0.25) is 18.6 Å². The first-order valence-corrected chi connectivity index (χ1v) is 18.3. The normalized spacial score (nSPS) is 47.9. The fraction of sp³-hybridized carbons (Fsp3) is 0.853. The number of phosphoric ester groups is 1. The van der Waals surface area contributed by atoms with Crippen molar-refractivity contribution >= 4 is 7.82 Å². The van der Waals surface area contributed by atoms with Gasteiger partial charge in [-0.1, -0.05) is 34.6 Å². The summed E-state index contributed by atoms with van der Waals surface area (Å²) in [6, 6.07) is 3.78. The highest BCUT2D eigenvalue weighted by Gasteiger charge is 2.65. The average molecular weight is 604 g/mol. The van der Waals surface area contributed by atoms with Crippen LogP contribution in [-0.2, 0) is 18.1 Å². The minimum absolute atomic E-state index is 0.190. The second-order valence-corrected chi connectivity index (χ2v) is 17.0. The summed E-state index contributed by atoms with van der Waals surface area (Å²) in [5.41, 5.74) is 1.34. The highest BCUT2D eigenvalue weighted by Crippen LogP contribution is 2.70. The number of fused-ring (bicyclic) bond motifs is 5. The van der Waals surface area contributed by atoms with E-state index in [1.54, 1.807) is 12.4 Å². The van der Waals surface area contributed by atoms with Gasteiger partial charge in [0, 0.05) is 18.8 Å². The van der Waals surface area contributed by atoms with Crippen LogP contribution in [0.15, 0.2) is 24.5 Å². The Morgan fingerprint density at radius 3 is 2.45 bits per heavy atom. The molecule has 6 rings (SSSR count). The molecule has 1 saturated heterocycles. The van der Waals surface area contributed by atoms with E-state index in [9.17, 15) is 14.8 Å². The lowest BCUT2D eigenvalue weighted by Gasteiger charge is -2.65. The predicted molar refractivity (Wildman–Crippen MR) is 162 cm³/mol. The third-order valence-electron chi connectivity index (χ3n) is 13.1. The van der Waals surface area contributed by atoms with Crippen molar-refractivity contribution in [3.05, 3.63) is 30.1 Å². The van der Waals surface area contributed by atoms with E-state index in [-0.39, 0.29) is 35.1 Å². The molecule has 4 aliphatic carbocycles. The summed E-state index contributed by atoms with van der Waals surface area (Å²) >= 11 is 0. The van der Waals surface area contributed by atoms with Gasteiger partial charge in [-0.25, -0.2) is 4.57 Å². The first kappa shape index (κ1) is 31.2. The second kappa shape index (κ2) is 11.8. The van der Waals surface area contributed by atoms with Crippen LogP contribution in [0, 0.1) is 58.2 Å². The number of aromatic nitrogens is 1. The molecule has 236 valence electrons. The van der Waals surface area contributed by atoms with E-state index >= 15 is 0 Å². The van der Waals surface area contributed by atoms with Gasteiger partial charge in [-0.15, -0.1) is 0 Å². The molecule has 1 aromatic heterocycles. The molecule has 8 heteroatoms. The van der Waals surface area contributed by atoms with E-state index < -0.39 is 7.82 Å². The Balaban J connectivity index is 1.12. The predicted octanol–water partition coefficient (Wildman–Crippen LogP) is 7.58. The van der Waals surface area contributed by atoms with E-state index in [0.29, 0.717) is 61.1 Å². The van der Waals surface area contributed by atoms with E-state index in [4.69, 9.17) is 13.6 Å². The van der Waals surface area contributed by atoms with Crippen molar-refractivity contribution in [3.8, 4) is 0 Å². The number of pyridine rings is 1. The molecule has 0 radical (unpaired) electrons. The molecule has 42 heavy (non-hydrogen) atoms. The molecule has 4 unspecified atom stereocenters. The Hall–Kier alpha value is -0.820. The van der Waals surface area contributed by atoms with Crippen LogP contribution in [0.2, 0.25) is 0 Å². The zero-order valence-corrected chi connectivity index (χ0v) is 27.3. The number of aliphatic hydroxyl groups excluding tert-OH is 2. The molecule has 0 aromatic carbocycles. The minimum Gasteiger partial charge on any atom is -0.393 e. The topological polar surface area (TPSA) is 98.1 Å². The van der Waals surface area contributed by atoms with Crippen LogP contribution in [0.5, 0.6) is 0 Å². The van der Waals surface area contributed by atoms with Crippen molar-refractivity contribution in [3.63, 3.8) is 0 Å². The van der Waals surface area contributed by atoms with E-state index in [1.807, 2.05) is 12.1 Å². The summed E-state index contributed by atoms with van der Waals surface area (Å²) in [5, 5.41) is 22.8. The molecule has 2 N–H and O–H groups in total. The lowest BCUT2D eigenvalue weighted by molar-refractivity contribution is -0.211. The number of hydrogen-bond acceptors (Lipinski definition) is 7. The Morgan fingerprint density at radius 2 is 1.71 bits per heavy atom. The van der Waals surface area contributed by atoms with E-state index in [1.165, 1.54) is 25.7 Å². The monoisotopic (exact) mass is 603 g/mol. The molecule has 1 aliphatic heterocycles. The number of rotatable bonds is 7. The summed E-state index contributed by atoms with van der Waals surface area (Å²) < 4.78 is 30.6. The zero-order chi connectivity index (χ0) is 29.9. The van der Waals surface area contributed by atoms with Crippen LogP contribution in [0.4, 0.5) is 0 Å². The highest BCUT2D eigenvalue weighted by molar-refractivity contribution is 7.48. The first-order chi connectivity index (χ1) is 20.0. The number of nitrogens with zero attached hydrogens (tertiary/aromatic N) is 1. The summed E-state index contributed by atoms with van der Waals surface area (Å²) in [6.07, 6.45) is 11.7. The smallest absolute Gasteiger partial charge is 0.393 e. The van der Waals surface area contributed by atoms with Crippen molar-refractivity contribution in [1.29, 1.82) is 0 Å². The molecule has 5 fully saturated rings. The summed E-state index contributed by atoms with van der Waals surface area (Å²) in [5.74, 6) is 3.42. The maximum atomic E-state index is 13.3. The van der Waals surface area contributed by atoms with Gasteiger partial charge in [-0.2, -0.15) is 0 Å². The van der Waals surface area contributed by atoms with Gasteiger partial charge in [0.1, 0.15) is 0 Å². The van der Waals surface area contributed by atoms with Gasteiger partial charge >= 0.3 is 7.82 Å². The average Bonchev–Trinajstić information content (AvgIpc) is 3.31. The van der Waals surface area contributed by atoms with Gasteiger partial charge in [0.2, 0.25) is 0 Å². The van der Waals surface area contributed by atoms with Gasteiger partial charge < -0.3 is 10.2 Å². The molecule has 2 heterocycles. The Kier molecular flexibility index (Phi) is 8.79. The molecule has 0 spiro atoms. The van der Waals surface area contributed by atoms with Gasteiger partial charge in [0.15, 0.2) is 0 Å².